The predicted molar refractivity (Wildman–Crippen MR) is 109 cm³/mol. The molecule has 0 unspecified atom stereocenters. The van der Waals surface area contributed by atoms with Crippen molar-refractivity contribution in [3.8, 4) is 0 Å². The SMILES string of the molecule is O[C@@H](COCc1ccccc1)CN(Cc1ccccc1)Cc1ccccc1F. The first-order valence-corrected chi connectivity index (χ1v) is 9.50. The van der Waals surface area contributed by atoms with E-state index in [1.54, 1.807) is 12.1 Å². The van der Waals surface area contributed by atoms with Crippen LogP contribution in [0.2, 0.25) is 0 Å². The maximum absolute atomic E-state index is 14.1. The van der Waals surface area contributed by atoms with Crippen LogP contribution in [-0.2, 0) is 24.4 Å². The Balaban J connectivity index is 1.58. The first kappa shape index (κ1) is 20.2. The highest BCUT2D eigenvalue weighted by atomic mass is 19.1. The standard InChI is InChI=1S/C24H26FNO2/c25-24-14-8-7-13-22(24)16-26(15-20-9-3-1-4-10-20)17-23(27)19-28-18-21-11-5-2-6-12-21/h1-14,23,27H,15-19H2/t23-/m1/s1. The maximum Gasteiger partial charge on any atom is 0.127 e. The van der Waals surface area contributed by atoms with E-state index in [9.17, 15) is 9.50 Å². The van der Waals surface area contributed by atoms with Gasteiger partial charge in [0.2, 0.25) is 0 Å². The van der Waals surface area contributed by atoms with Gasteiger partial charge in [-0.2, -0.15) is 0 Å². The quantitative estimate of drug-likeness (QED) is 0.567. The zero-order valence-corrected chi connectivity index (χ0v) is 15.9. The molecule has 1 N–H and O–H groups in total. The Bertz CT molecular complexity index is 826. The summed E-state index contributed by atoms with van der Waals surface area (Å²) in [6.07, 6.45) is -0.654. The summed E-state index contributed by atoms with van der Waals surface area (Å²) in [5.74, 6) is -0.227. The minimum Gasteiger partial charge on any atom is -0.389 e. The van der Waals surface area contributed by atoms with Crippen molar-refractivity contribution in [2.75, 3.05) is 13.2 Å². The Morgan fingerprint density at radius 3 is 2.07 bits per heavy atom. The molecule has 1 atom stereocenters. The Labute approximate surface area is 166 Å². The zero-order valence-electron chi connectivity index (χ0n) is 15.9. The van der Waals surface area contributed by atoms with Gasteiger partial charge in [0, 0.05) is 25.2 Å². The summed E-state index contributed by atoms with van der Waals surface area (Å²) < 4.78 is 19.8. The van der Waals surface area contributed by atoms with Crippen LogP contribution in [0.4, 0.5) is 4.39 Å². The first-order chi connectivity index (χ1) is 13.7. The lowest BCUT2D eigenvalue weighted by Gasteiger charge is -2.25. The highest BCUT2D eigenvalue weighted by Crippen LogP contribution is 2.14. The Morgan fingerprint density at radius 1 is 0.786 bits per heavy atom. The first-order valence-electron chi connectivity index (χ1n) is 9.50. The van der Waals surface area contributed by atoms with Crippen LogP contribution in [0.25, 0.3) is 0 Å². The van der Waals surface area contributed by atoms with Gasteiger partial charge in [-0.15, -0.1) is 0 Å². The fraction of sp³-hybridized carbons (Fsp3) is 0.250. The molecule has 0 aliphatic carbocycles. The number of hydrogen-bond acceptors (Lipinski definition) is 3. The van der Waals surface area contributed by atoms with E-state index in [2.05, 4.69) is 0 Å². The van der Waals surface area contributed by atoms with E-state index in [4.69, 9.17) is 4.74 Å². The van der Waals surface area contributed by atoms with Crippen LogP contribution >= 0.6 is 0 Å². The van der Waals surface area contributed by atoms with E-state index in [0.29, 0.717) is 31.8 Å². The molecule has 0 radical (unpaired) electrons. The van der Waals surface area contributed by atoms with Crippen LogP contribution in [0.15, 0.2) is 84.9 Å². The fourth-order valence-corrected chi connectivity index (χ4v) is 3.13. The minimum atomic E-state index is -0.654. The van der Waals surface area contributed by atoms with Crippen molar-refractivity contribution in [3.63, 3.8) is 0 Å². The molecule has 0 bridgehead atoms. The van der Waals surface area contributed by atoms with E-state index in [1.807, 2.05) is 71.6 Å². The monoisotopic (exact) mass is 379 g/mol. The van der Waals surface area contributed by atoms with Gasteiger partial charge in [0.05, 0.1) is 19.3 Å². The van der Waals surface area contributed by atoms with E-state index in [1.165, 1.54) is 6.07 Å². The third-order valence-electron chi connectivity index (χ3n) is 4.49. The fourth-order valence-electron chi connectivity index (χ4n) is 3.13. The number of rotatable bonds is 10. The lowest BCUT2D eigenvalue weighted by atomic mass is 10.1. The third kappa shape index (κ3) is 6.57. The Hall–Kier alpha value is -2.53. The smallest absolute Gasteiger partial charge is 0.127 e. The molecule has 4 heteroatoms. The summed E-state index contributed by atoms with van der Waals surface area (Å²) >= 11 is 0. The predicted octanol–water partition coefficient (Wildman–Crippen LogP) is 4.41. The molecular weight excluding hydrogens is 353 g/mol. The molecule has 3 rings (SSSR count). The average Bonchev–Trinajstić information content (AvgIpc) is 2.71. The van der Waals surface area contributed by atoms with Crippen molar-refractivity contribution >= 4 is 0 Å². The molecule has 0 aromatic heterocycles. The van der Waals surface area contributed by atoms with Crippen LogP contribution in [-0.4, -0.2) is 29.3 Å². The summed E-state index contributed by atoms with van der Waals surface area (Å²) in [6.45, 7) is 2.15. The van der Waals surface area contributed by atoms with E-state index >= 15 is 0 Å². The maximum atomic E-state index is 14.1. The van der Waals surface area contributed by atoms with Crippen molar-refractivity contribution in [2.45, 2.75) is 25.8 Å². The lowest BCUT2D eigenvalue weighted by Crippen LogP contribution is -2.34. The van der Waals surface area contributed by atoms with Crippen LogP contribution in [0, 0.1) is 5.82 Å². The Kier molecular flexibility index (Phi) is 7.73. The van der Waals surface area contributed by atoms with Crippen molar-refractivity contribution < 1.29 is 14.2 Å². The number of aliphatic hydroxyl groups is 1. The van der Waals surface area contributed by atoms with Gasteiger partial charge in [0.1, 0.15) is 5.82 Å². The highest BCUT2D eigenvalue weighted by molar-refractivity contribution is 5.18. The Morgan fingerprint density at radius 2 is 1.39 bits per heavy atom. The summed E-state index contributed by atoms with van der Waals surface area (Å²) in [5.41, 5.74) is 2.81. The van der Waals surface area contributed by atoms with Gasteiger partial charge in [-0.1, -0.05) is 78.9 Å². The molecule has 0 aliphatic heterocycles. The van der Waals surface area contributed by atoms with Crippen LogP contribution in [0.5, 0.6) is 0 Å². The number of ether oxygens (including phenoxy) is 1. The van der Waals surface area contributed by atoms with Gasteiger partial charge in [-0.3, -0.25) is 4.90 Å². The van der Waals surface area contributed by atoms with E-state index < -0.39 is 6.10 Å². The molecular formula is C24H26FNO2. The second kappa shape index (κ2) is 10.7. The molecule has 0 saturated carbocycles. The molecule has 3 aromatic rings. The number of halogens is 1. The molecule has 0 spiro atoms. The van der Waals surface area contributed by atoms with Gasteiger partial charge < -0.3 is 9.84 Å². The van der Waals surface area contributed by atoms with Crippen molar-refractivity contribution in [3.05, 3.63) is 107 Å². The number of nitrogens with zero attached hydrogens (tertiary/aromatic N) is 1. The van der Waals surface area contributed by atoms with Crippen molar-refractivity contribution in [2.24, 2.45) is 0 Å². The lowest BCUT2D eigenvalue weighted by molar-refractivity contribution is 0.00697. The summed E-state index contributed by atoms with van der Waals surface area (Å²) in [7, 11) is 0. The molecule has 0 heterocycles. The second-order valence-corrected chi connectivity index (χ2v) is 6.90. The average molecular weight is 379 g/mol. The number of hydrogen-bond donors (Lipinski definition) is 1. The number of benzene rings is 3. The normalized spacial score (nSPS) is 12.2. The van der Waals surface area contributed by atoms with Gasteiger partial charge >= 0.3 is 0 Å². The van der Waals surface area contributed by atoms with Gasteiger partial charge in [0.15, 0.2) is 0 Å². The largest absolute Gasteiger partial charge is 0.389 e. The van der Waals surface area contributed by atoms with Crippen LogP contribution in [0.3, 0.4) is 0 Å². The number of aliphatic hydroxyl groups excluding tert-OH is 1. The van der Waals surface area contributed by atoms with Crippen molar-refractivity contribution in [1.82, 2.24) is 4.90 Å². The molecule has 0 fully saturated rings. The molecule has 146 valence electrons. The molecule has 28 heavy (non-hydrogen) atoms. The van der Waals surface area contributed by atoms with Gasteiger partial charge in [0.25, 0.3) is 0 Å². The molecule has 3 aromatic carbocycles. The molecule has 0 saturated heterocycles. The summed E-state index contributed by atoms with van der Waals surface area (Å²) in [6, 6.07) is 26.6. The van der Waals surface area contributed by atoms with E-state index in [-0.39, 0.29) is 12.4 Å². The molecule has 0 amide bonds. The third-order valence-corrected chi connectivity index (χ3v) is 4.49. The highest BCUT2D eigenvalue weighted by Gasteiger charge is 2.15. The van der Waals surface area contributed by atoms with E-state index in [0.717, 1.165) is 11.1 Å². The molecule has 0 aliphatic rings. The van der Waals surface area contributed by atoms with Crippen LogP contribution in [0.1, 0.15) is 16.7 Å². The summed E-state index contributed by atoms with van der Waals surface area (Å²) in [4.78, 5) is 2.05. The topological polar surface area (TPSA) is 32.7 Å². The van der Waals surface area contributed by atoms with Crippen molar-refractivity contribution in [1.29, 1.82) is 0 Å². The minimum absolute atomic E-state index is 0.227. The molecule has 3 nitrogen and oxygen atoms in total. The summed E-state index contributed by atoms with van der Waals surface area (Å²) in [5, 5.41) is 10.5. The van der Waals surface area contributed by atoms with Gasteiger partial charge in [-0.25, -0.2) is 4.39 Å². The van der Waals surface area contributed by atoms with Gasteiger partial charge in [-0.05, 0) is 17.2 Å². The second-order valence-electron chi connectivity index (χ2n) is 6.90. The zero-order chi connectivity index (χ0) is 19.6. The van der Waals surface area contributed by atoms with Crippen LogP contribution < -0.4 is 0 Å².